The maximum Gasteiger partial charge on any atom is 0.230 e. The number of hydrogen-bond donors (Lipinski definition) is 1. The third-order valence-electron chi connectivity index (χ3n) is 3.65. The van der Waals surface area contributed by atoms with Gasteiger partial charge in [-0.1, -0.05) is 6.92 Å². The van der Waals surface area contributed by atoms with Crippen LogP contribution < -0.4 is 15.0 Å². The van der Waals surface area contributed by atoms with Crippen LogP contribution in [-0.4, -0.2) is 32.8 Å². The highest BCUT2D eigenvalue weighted by Gasteiger charge is 2.21. The van der Waals surface area contributed by atoms with Crippen molar-refractivity contribution in [1.82, 2.24) is 5.32 Å². The van der Waals surface area contributed by atoms with Crippen LogP contribution in [0.5, 0.6) is 5.75 Å². The van der Waals surface area contributed by atoms with Gasteiger partial charge in [-0.3, -0.25) is 10.1 Å². The zero-order valence-corrected chi connectivity index (χ0v) is 13.7. The van der Waals surface area contributed by atoms with Crippen molar-refractivity contribution < 1.29 is 14.3 Å². The summed E-state index contributed by atoms with van der Waals surface area (Å²) in [5, 5.41) is 3.06. The van der Waals surface area contributed by atoms with Gasteiger partial charge in [-0.25, -0.2) is 0 Å². The lowest BCUT2D eigenvalue weighted by atomic mass is 10.1. The summed E-state index contributed by atoms with van der Waals surface area (Å²) in [6.45, 7) is 4.43. The van der Waals surface area contributed by atoms with Crippen LogP contribution in [0.1, 0.15) is 32.3 Å². The zero-order chi connectivity index (χ0) is 16.1. The number of fused-ring (bicyclic) bond motifs is 1. The largest absolute Gasteiger partial charge is 0.491 e. The first-order valence-corrected chi connectivity index (χ1v) is 7.64. The van der Waals surface area contributed by atoms with Crippen LogP contribution in [0.3, 0.4) is 0 Å². The minimum atomic E-state index is -0.0817. The van der Waals surface area contributed by atoms with Gasteiger partial charge in [-0.05, 0) is 44.7 Å². The molecule has 0 bridgehead atoms. The Morgan fingerprint density at radius 1 is 1.55 bits per heavy atom. The van der Waals surface area contributed by atoms with Crippen LogP contribution in [0.2, 0.25) is 0 Å². The van der Waals surface area contributed by atoms with Crippen molar-refractivity contribution in [3.63, 3.8) is 0 Å². The van der Waals surface area contributed by atoms with E-state index in [1.165, 1.54) is 0 Å². The second kappa shape index (κ2) is 7.31. The lowest BCUT2D eigenvalue weighted by molar-refractivity contribution is -0.118. The standard InChI is InChI=1S/C17H24N2O3/c1-5-6-15(22-12(2)18-3)13-7-8-14-16(11-13)21-10-9-17(20)19(14)4/h6-8,11-12,18H,5,9-10H2,1-4H3/b15-6-. The SMILES string of the molecule is CC/C=C(\OC(C)NC)c1ccc2c(c1)OCCC(=O)N2C. The number of amides is 1. The van der Waals surface area contributed by atoms with Gasteiger partial charge < -0.3 is 14.4 Å². The fraction of sp³-hybridized carbons (Fsp3) is 0.471. The van der Waals surface area contributed by atoms with E-state index in [0.717, 1.165) is 23.4 Å². The average Bonchev–Trinajstić information content (AvgIpc) is 2.66. The van der Waals surface area contributed by atoms with E-state index in [9.17, 15) is 4.79 Å². The minimum Gasteiger partial charge on any atom is -0.491 e. The van der Waals surface area contributed by atoms with Gasteiger partial charge in [0.05, 0.1) is 18.7 Å². The molecule has 1 atom stereocenters. The molecule has 1 aromatic rings. The highest BCUT2D eigenvalue weighted by Crippen LogP contribution is 2.34. The number of anilines is 1. The first kappa shape index (κ1) is 16.4. The van der Waals surface area contributed by atoms with Gasteiger partial charge in [0.15, 0.2) is 0 Å². The van der Waals surface area contributed by atoms with E-state index in [2.05, 4.69) is 12.2 Å². The summed E-state index contributed by atoms with van der Waals surface area (Å²) < 4.78 is 11.6. The molecule has 22 heavy (non-hydrogen) atoms. The van der Waals surface area contributed by atoms with Crippen molar-refractivity contribution >= 4 is 17.4 Å². The van der Waals surface area contributed by atoms with Crippen molar-refractivity contribution in [3.05, 3.63) is 29.8 Å². The molecule has 5 heteroatoms. The van der Waals surface area contributed by atoms with Crippen LogP contribution in [-0.2, 0) is 9.53 Å². The number of allylic oxidation sites excluding steroid dienone is 1. The first-order valence-electron chi connectivity index (χ1n) is 7.64. The number of nitrogens with zero attached hydrogens (tertiary/aromatic N) is 1. The number of benzene rings is 1. The summed E-state index contributed by atoms with van der Waals surface area (Å²) >= 11 is 0. The van der Waals surface area contributed by atoms with Gasteiger partial charge in [-0.15, -0.1) is 0 Å². The smallest absolute Gasteiger partial charge is 0.230 e. The summed E-state index contributed by atoms with van der Waals surface area (Å²) in [7, 11) is 3.63. The topological polar surface area (TPSA) is 50.8 Å². The lowest BCUT2D eigenvalue weighted by Crippen LogP contribution is -2.25. The molecule has 2 rings (SSSR count). The molecule has 0 radical (unpaired) electrons. The fourth-order valence-corrected chi connectivity index (χ4v) is 2.28. The van der Waals surface area contributed by atoms with Crippen LogP contribution in [0.25, 0.3) is 5.76 Å². The zero-order valence-electron chi connectivity index (χ0n) is 13.7. The van der Waals surface area contributed by atoms with Crippen LogP contribution in [0, 0.1) is 0 Å². The molecule has 0 aliphatic carbocycles. The third-order valence-corrected chi connectivity index (χ3v) is 3.65. The molecule has 0 saturated heterocycles. The van der Waals surface area contributed by atoms with E-state index in [1.54, 1.807) is 11.9 Å². The van der Waals surface area contributed by atoms with Crippen molar-refractivity contribution in [3.8, 4) is 5.75 Å². The van der Waals surface area contributed by atoms with Crippen LogP contribution in [0.4, 0.5) is 5.69 Å². The van der Waals surface area contributed by atoms with E-state index in [1.807, 2.05) is 38.2 Å². The number of carbonyl (C=O) groups is 1. The number of hydrogen-bond acceptors (Lipinski definition) is 4. The number of nitrogens with one attached hydrogen (secondary N) is 1. The summed E-state index contributed by atoms with van der Waals surface area (Å²) in [6.07, 6.45) is 3.23. The van der Waals surface area contributed by atoms with E-state index in [4.69, 9.17) is 9.47 Å². The van der Waals surface area contributed by atoms with Crippen molar-refractivity contribution in [2.24, 2.45) is 0 Å². The summed E-state index contributed by atoms with van der Waals surface area (Å²) in [6, 6.07) is 5.81. The number of rotatable bonds is 5. The Labute approximate surface area is 131 Å². The Morgan fingerprint density at radius 3 is 3.00 bits per heavy atom. The van der Waals surface area contributed by atoms with E-state index >= 15 is 0 Å². The minimum absolute atomic E-state index is 0.0656. The molecular weight excluding hydrogens is 280 g/mol. The number of ether oxygens (including phenoxy) is 2. The quantitative estimate of drug-likeness (QED) is 0.671. The molecule has 0 spiro atoms. The Bertz CT molecular complexity index is 569. The molecule has 0 aromatic heterocycles. The highest BCUT2D eigenvalue weighted by atomic mass is 16.5. The van der Waals surface area contributed by atoms with Crippen LogP contribution >= 0.6 is 0 Å². The maximum absolute atomic E-state index is 11.9. The molecule has 1 aliphatic heterocycles. The second-order valence-corrected chi connectivity index (χ2v) is 5.26. The molecule has 120 valence electrons. The summed E-state index contributed by atoms with van der Waals surface area (Å²) in [5.74, 6) is 1.60. The van der Waals surface area contributed by atoms with Gasteiger partial charge in [0.2, 0.25) is 5.91 Å². The fourth-order valence-electron chi connectivity index (χ4n) is 2.28. The molecular formula is C17H24N2O3. The predicted molar refractivity (Wildman–Crippen MR) is 87.8 cm³/mol. The van der Waals surface area contributed by atoms with Gasteiger partial charge in [0.1, 0.15) is 17.7 Å². The molecule has 1 unspecified atom stereocenters. The summed E-state index contributed by atoms with van der Waals surface area (Å²) in [5.41, 5.74) is 1.74. The van der Waals surface area contributed by atoms with Crippen molar-refractivity contribution in [1.29, 1.82) is 0 Å². The number of carbonyl (C=O) groups excluding carboxylic acids is 1. The normalized spacial score (nSPS) is 16.6. The average molecular weight is 304 g/mol. The molecule has 5 nitrogen and oxygen atoms in total. The van der Waals surface area contributed by atoms with Gasteiger partial charge in [0, 0.05) is 12.6 Å². The molecule has 0 saturated carbocycles. The van der Waals surface area contributed by atoms with Gasteiger partial charge >= 0.3 is 0 Å². The first-order chi connectivity index (χ1) is 10.6. The molecule has 1 aromatic carbocycles. The second-order valence-electron chi connectivity index (χ2n) is 5.26. The van der Waals surface area contributed by atoms with E-state index in [0.29, 0.717) is 18.8 Å². The molecule has 1 aliphatic rings. The monoisotopic (exact) mass is 304 g/mol. The Balaban J connectivity index is 2.34. The van der Waals surface area contributed by atoms with Crippen molar-refractivity contribution in [2.45, 2.75) is 32.9 Å². The highest BCUT2D eigenvalue weighted by molar-refractivity contribution is 5.95. The summed E-state index contributed by atoms with van der Waals surface area (Å²) in [4.78, 5) is 13.5. The molecule has 1 amide bonds. The van der Waals surface area contributed by atoms with Crippen LogP contribution in [0.15, 0.2) is 24.3 Å². The molecule has 1 heterocycles. The Morgan fingerprint density at radius 2 is 2.32 bits per heavy atom. The maximum atomic E-state index is 11.9. The van der Waals surface area contributed by atoms with E-state index < -0.39 is 0 Å². The van der Waals surface area contributed by atoms with Crippen molar-refractivity contribution in [2.75, 3.05) is 25.6 Å². The lowest BCUT2D eigenvalue weighted by Gasteiger charge is -2.20. The Hall–Kier alpha value is -2.01. The Kier molecular flexibility index (Phi) is 5.44. The van der Waals surface area contributed by atoms with Gasteiger partial charge in [-0.2, -0.15) is 0 Å². The third kappa shape index (κ3) is 3.60. The van der Waals surface area contributed by atoms with Gasteiger partial charge in [0.25, 0.3) is 0 Å². The van der Waals surface area contributed by atoms with E-state index in [-0.39, 0.29) is 12.1 Å². The molecule has 1 N–H and O–H groups in total. The predicted octanol–water partition coefficient (Wildman–Crippen LogP) is 2.76. The molecule has 0 fully saturated rings.